The third-order valence-corrected chi connectivity index (χ3v) is 5.73. The van der Waals surface area contributed by atoms with Crippen molar-refractivity contribution < 1.29 is 38.1 Å². The first-order chi connectivity index (χ1) is 19.3. The van der Waals surface area contributed by atoms with Crippen LogP contribution in [0.3, 0.4) is 0 Å². The molecule has 2 aromatic rings. The molecule has 2 rings (SSSR count). The van der Waals surface area contributed by atoms with Crippen molar-refractivity contribution >= 4 is 24.0 Å². The Morgan fingerprint density at radius 1 is 0.825 bits per heavy atom. The van der Waals surface area contributed by atoms with E-state index in [0.29, 0.717) is 48.0 Å². The van der Waals surface area contributed by atoms with Gasteiger partial charge in [0.15, 0.2) is 11.5 Å². The van der Waals surface area contributed by atoms with E-state index in [-0.39, 0.29) is 11.7 Å². The highest BCUT2D eigenvalue weighted by atomic mass is 16.6. The molecule has 0 radical (unpaired) electrons. The molecule has 40 heavy (non-hydrogen) atoms. The summed E-state index contributed by atoms with van der Waals surface area (Å²) in [6, 6.07) is 11.8. The summed E-state index contributed by atoms with van der Waals surface area (Å²) >= 11 is 0. The molecule has 0 aliphatic heterocycles. The number of carbonyl (C=O) groups is 3. The van der Waals surface area contributed by atoms with Crippen LogP contribution in [-0.2, 0) is 19.1 Å². The van der Waals surface area contributed by atoms with Gasteiger partial charge in [-0.25, -0.2) is 14.4 Å². The van der Waals surface area contributed by atoms with Gasteiger partial charge in [0.05, 0.1) is 32.5 Å². The fourth-order valence-corrected chi connectivity index (χ4v) is 3.52. The monoisotopic (exact) mass is 552 g/mol. The molecular weight excluding hydrogens is 512 g/mol. The van der Waals surface area contributed by atoms with E-state index in [2.05, 4.69) is 6.58 Å². The van der Waals surface area contributed by atoms with Gasteiger partial charge in [0, 0.05) is 11.6 Å². The maximum absolute atomic E-state index is 12.7. The Balaban J connectivity index is 1.71. The van der Waals surface area contributed by atoms with Crippen molar-refractivity contribution in [1.82, 2.24) is 0 Å². The third kappa shape index (κ3) is 12.2. The van der Waals surface area contributed by atoms with Crippen molar-refractivity contribution in [2.45, 2.75) is 58.8 Å². The number of benzene rings is 2. The lowest BCUT2D eigenvalue weighted by molar-refractivity contribution is -0.139. The number of unbranched alkanes of at least 4 members (excludes halogenated alkanes) is 5. The highest BCUT2D eigenvalue weighted by molar-refractivity contribution is 5.91. The lowest BCUT2D eigenvalue weighted by Crippen LogP contribution is -2.09. The van der Waals surface area contributed by atoms with Gasteiger partial charge < -0.3 is 23.7 Å². The van der Waals surface area contributed by atoms with E-state index in [9.17, 15) is 14.4 Å². The van der Waals surface area contributed by atoms with E-state index in [1.54, 1.807) is 55.5 Å². The van der Waals surface area contributed by atoms with Crippen LogP contribution >= 0.6 is 0 Å². The van der Waals surface area contributed by atoms with Crippen LogP contribution in [0.4, 0.5) is 0 Å². The molecule has 0 unspecified atom stereocenters. The van der Waals surface area contributed by atoms with Crippen molar-refractivity contribution in [3.8, 4) is 17.2 Å². The van der Waals surface area contributed by atoms with E-state index in [4.69, 9.17) is 23.7 Å². The summed E-state index contributed by atoms with van der Waals surface area (Å²) in [4.78, 5) is 35.6. The van der Waals surface area contributed by atoms with E-state index < -0.39 is 11.9 Å². The number of hydrogen-bond acceptors (Lipinski definition) is 8. The van der Waals surface area contributed by atoms with Gasteiger partial charge in [-0.1, -0.05) is 45.3 Å². The third-order valence-electron chi connectivity index (χ3n) is 5.73. The molecule has 0 heterocycles. The van der Waals surface area contributed by atoms with Gasteiger partial charge >= 0.3 is 17.9 Å². The van der Waals surface area contributed by atoms with Gasteiger partial charge in [0.25, 0.3) is 0 Å². The average molecular weight is 553 g/mol. The molecule has 0 saturated carbocycles. The number of methoxy groups -OCH3 is 1. The van der Waals surface area contributed by atoms with Crippen LogP contribution in [0, 0.1) is 0 Å². The molecule has 8 nitrogen and oxygen atoms in total. The molecule has 0 N–H and O–H groups in total. The molecule has 0 amide bonds. The van der Waals surface area contributed by atoms with Crippen LogP contribution in [0.15, 0.2) is 60.7 Å². The second-order valence-electron chi connectivity index (χ2n) is 9.21. The summed E-state index contributed by atoms with van der Waals surface area (Å²) in [5.41, 5.74) is 1.51. The summed E-state index contributed by atoms with van der Waals surface area (Å²) in [5, 5.41) is 0. The quantitative estimate of drug-likeness (QED) is 0.0870. The number of rotatable bonds is 18. The zero-order chi connectivity index (χ0) is 29.2. The van der Waals surface area contributed by atoms with Crippen LogP contribution in [0.5, 0.6) is 17.2 Å². The Hall–Kier alpha value is -4.07. The van der Waals surface area contributed by atoms with Gasteiger partial charge in [0.1, 0.15) is 5.75 Å². The van der Waals surface area contributed by atoms with Gasteiger partial charge in [-0.2, -0.15) is 0 Å². The lowest BCUT2D eigenvalue weighted by Gasteiger charge is -2.11. The first kappa shape index (κ1) is 32.1. The molecule has 0 spiro atoms. The predicted octanol–water partition coefficient (Wildman–Crippen LogP) is 6.72. The van der Waals surface area contributed by atoms with E-state index >= 15 is 0 Å². The Bertz CT molecular complexity index is 1130. The highest BCUT2D eigenvalue weighted by Crippen LogP contribution is 2.29. The van der Waals surface area contributed by atoms with E-state index in [1.807, 2.05) is 6.92 Å². The van der Waals surface area contributed by atoms with Gasteiger partial charge in [0.2, 0.25) is 0 Å². The molecule has 0 aromatic heterocycles. The maximum atomic E-state index is 12.7. The number of hydrogen-bond donors (Lipinski definition) is 0. The molecule has 0 aliphatic carbocycles. The van der Waals surface area contributed by atoms with Crippen molar-refractivity contribution in [3.63, 3.8) is 0 Å². The molecule has 0 saturated heterocycles. The van der Waals surface area contributed by atoms with Crippen molar-refractivity contribution in [2.24, 2.45) is 0 Å². The lowest BCUT2D eigenvalue weighted by atomic mass is 10.1. The van der Waals surface area contributed by atoms with E-state index in [1.165, 1.54) is 13.2 Å². The largest absolute Gasteiger partial charge is 0.494 e. The Kier molecular flexibility index (Phi) is 14.7. The maximum Gasteiger partial charge on any atom is 0.343 e. The van der Waals surface area contributed by atoms with Gasteiger partial charge in [-0.15, -0.1) is 0 Å². The van der Waals surface area contributed by atoms with E-state index in [0.717, 1.165) is 44.9 Å². The van der Waals surface area contributed by atoms with Crippen LogP contribution in [0.2, 0.25) is 0 Å². The first-order valence-electron chi connectivity index (χ1n) is 13.6. The topological polar surface area (TPSA) is 97.4 Å². The van der Waals surface area contributed by atoms with Crippen LogP contribution in [-0.4, -0.2) is 44.8 Å². The fourth-order valence-electron chi connectivity index (χ4n) is 3.52. The van der Waals surface area contributed by atoms with Crippen molar-refractivity contribution in [1.29, 1.82) is 0 Å². The Morgan fingerprint density at radius 3 is 2.15 bits per heavy atom. The molecule has 2 aromatic carbocycles. The number of esters is 3. The number of carbonyl (C=O) groups excluding carboxylic acids is 3. The SMILES string of the molecule is C=C(C)C(=O)OCCCCCCCCOc1ccc(C(=O)Oc2ccc(/C=C/C(=O)OCCC)cc2OC)cc1. The van der Waals surface area contributed by atoms with Crippen LogP contribution < -0.4 is 14.2 Å². The summed E-state index contributed by atoms with van der Waals surface area (Å²) in [6.07, 6.45) is 9.74. The van der Waals surface area contributed by atoms with Gasteiger partial charge in [-0.05, 0) is 74.2 Å². The molecular formula is C32H40O8. The van der Waals surface area contributed by atoms with Crippen molar-refractivity contribution in [2.75, 3.05) is 26.9 Å². The molecule has 8 heteroatoms. The molecule has 216 valence electrons. The average Bonchev–Trinajstić information content (AvgIpc) is 2.96. The smallest absolute Gasteiger partial charge is 0.343 e. The minimum atomic E-state index is -0.523. The summed E-state index contributed by atoms with van der Waals surface area (Å²) in [5.74, 6) is 0.0459. The Labute approximate surface area is 236 Å². The fraction of sp³-hybridized carbons (Fsp3) is 0.406. The predicted molar refractivity (Wildman–Crippen MR) is 154 cm³/mol. The minimum Gasteiger partial charge on any atom is -0.494 e. The van der Waals surface area contributed by atoms with Gasteiger partial charge in [-0.3, -0.25) is 0 Å². The van der Waals surface area contributed by atoms with Crippen LogP contribution in [0.25, 0.3) is 6.08 Å². The minimum absolute atomic E-state index is 0.270. The molecule has 0 fully saturated rings. The summed E-state index contributed by atoms with van der Waals surface area (Å²) in [6.45, 7) is 8.53. The van der Waals surface area contributed by atoms with Crippen molar-refractivity contribution in [3.05, 3.63) is 71.8 Å². The zero-order valence-corrected chi connectivity index (χ0v) is 23.7. The summed E-state index contributed by atoms with van der Waals surface area (Å²) in [7, 11) is 1.48. The molecule has 0 atom stereocenters. The highest BCUT2D eigenvalue weighted by Gasteiger charge is 2.13. The standard InChI is InChI=1S/C32H40O8/c1-5-20-38-30(33)19-13-25-12-18-28(29(23-25)36-4)40-32(35)26-14-16-27(17-15-26)37-21-10-8-6-7-9-11-22-39-31(34)24(2)3/h12-19,23H,2,5-11,20-22H2,1,3-4H3/b19-13+. The molecule has 0 bridgehead atoms. The Morgan fingerprint density at radius 2 is 1.50 bits per heavy atom. The summed E-state index contributed by atoms with van der Waals surface area (Å²) < 4.78 is 26.8. The zero-order valence-electron chi connectivity index (χ0n) is 23.7. The second-order valence-corrected chi connectivity index (χ2v) is 9.21. The molecule has 0 aliphatic rings. The van der Waals surface area contributed by atoms with Crippen LogP contribution in [0.1, 0.15) is 74.7 Å². The number of ether oxygens (including phenoxy) is 5. The second kappa shape index (κ2) is 18.3. The first-order valence-corrected chi connectivity index (χ1v) is 13.6. The normalized spacial score (nSPS) is 10.7.